The number of benzene rings is 3. The van der Waals surface area contributed by atoms with E-state index in [0.29, 0.717) is 32.9 Å². The molecule has 2 N–H and O–H groups in total. The number of hydrogen-bond donors (Lipinski definition) is 2. The lowest BCUT2D eigenvalue weighted by Crippen LogP contribution is -2.19. The molecule has 4 aromatic rings. The Bertz CT molecular complexity index is 1290. The van der Waals surface area contributed by atoms with Crippen LogP contribution in [0.2, 0.25) is 5.02 Å². The van der Waals surface area contributed by atoms with Crippen LogP contribution in [-0.4, -0.2) is 32.3 Å². The summed E-state index contributed by atoms with van der Waals surface area (Å²) in [5.74, 6) is 0.152. The molecular formula is C24H20ClN5O2S. The van der Waals surface area contributed by atoms with Crippen molar-refractivity contribution in [3.8, 4) is 11.4 Å². The molecule has 0 atom stereocenters. The highest BCUT2D eigenvalue weighted by Gasteiger charge is 2.17. The smallest absolute Gasteiger partial charge is 0.257 e. The SMILES string of the molecule is Cn1c(SCC(=O)Nc2ccccc2C(=O)Nc2ccccc2)nnc1-c1ccccc1Cl. The lowest BCUT2D eigenvalue weighted by atomic mass is 10.1. The predicted molar refractivity (Wildman–Crippen MR) is 132 cm³/mol. The fourth-order valence-electron chi connectivity index (χ4n) is 3.14. The van der Waals surface area contributed by atoms with E-state index in [9.17, 15) is 9.59 Å². The first kappa shape index (κ1) is 22.6. The van der Waals surface area contributed by atoms with Crippen LogP contribution in [0, 0.1) is 0 Å². The molecule has 1 heterocycles. The summed E-state index contributed by atoms with van der Waals surface area (Å²) in [6.07, 6.45) is 0. The molecule has 2 amide bonds. The van der Waals surface area contributed by atoms with Crippen LogP contribution in [0.1, 0.15) is 10.4 Å². The minimum atomic E-state index is -0.303. The number of anilines is 2. The highest BCUT2D eigenvalue weighted by atomic mass is 35.5. The van der Waals surface area contributed by atoms with Gasteiger partial charge in [-0.25, -0.2) is 0 Å². The molecule has 9 heteroatoms. The maximum absolute atomic E-state index is 12.7. The molecule has 3 aromatic carbocycles. The molecule has 0 spiro atoms. The van der Waals surface area contributed by atoms with Crippen LogP contribution < -0.4 is 10.6 Å². The van der Waals surface area contributed by atoms with Gasteiger partial charge in [-0.05, 0) is 36.4 Å². The van der Waals surface area contributed by atoms with E-state index >= 15 is 0 Å². The van der Waals surface area contributed by atoms with Gasteiger partial charge in [0.15, 0.2) is 11.0 Å². The number of para-hydroxylation sites is 2. The number of hydrogen-bond acceptors (Lipinski definition) is 5. The number of rotatable bonds is 7. The van der Waals surface area contributed by atoms with Gasteiger partial charge < -0.3 is 15.2 Å². The topological polar surface area (TPSA) is 88.9 Å². The number of aromatic nitrogens is 3. The number of carbonyl (C=O) groups is 2. The Hall–Kier alpha value is -3.62. The van der Waals surface area contributed by atoms with Crippen molar-refractivity contribution >= 4 is 46.6 Å². The largest absolute Gasteiger partial charge is 0.325 e. The third-order valence-electron chi connectivity index (χ3n) is 4.76. The quantitative estimate of drug-likeness (QED) is 0.361. The minimum Gasteiger partial charge on any atom is -0.325 e. The highest BCUT2D eigenvalue weighted by molar-refractivity contribution is 7.99. The summed E-state index contributed by atoms with van der Waals surface area (Å²) in [4.78, 5) is 25.3. The van der Waals surface area contributed by atoms with Gasteiger partial charge in [-0.2, -0.15) is 0 Å². The van der Waals surface area contributed by atoms with Crippen LogP contribution in [0.4, 0.5) is 11.4 Å². The molecule has 0 saturated carbocycles. The lowest BCUT2D eigenvalue weighted by molar-refractivity contribution is -0.113. The second-order valence-corrected chi connectivity index (χ2v) is 8.40. The van der Waals surface area contributed by atoms with Gasteiger partial charge in [-0.15, -0.1) is 10.2 Å². The maximum Gasteiger partial charge on any atom is 0.257 e. The van der Waals surface area contributed by atoms with E-state index in [1.807, 2.05) is 43.4 Å². The molecule has 0 fully saturated rings. The minimum absolute atomic E-state index is 0.100. The zero-order valence-electron chi connectivity index (χ0n) is 17.7. The van der Waals surface area contributed by atoms with Crippen LogP contribution in [0.25, 0.3) is 11.4 Å². The van der Waals surface area contributed by atoms with Gasteiger partial charge in [0, 0.05) is 18.3 Å². The van der Waals surface area contributed by atoms with Crippen molar-refractivity contribution in [1.29, 1.82) is 0 Å². The molecule has 0 aliphatic carbocycles. The van der Waals surface area contributed by atoms with Gasteiger partial charge in [0.1, 0.15) is 0 Å². The van der Waals surface area contributed by atoms with Crippen molar-refractivity contribution in [2.24, 2.45) is 7.05 Å². The molecule has 0 aliphatic rings. The standard InChI is InChI=1S/C24H20ClN5O2S/c1-30-22(17-11-5-7-13-19(17)25)28-29-24(30)33-15-21(31)27-20-14-8-6-12-18(20)23(32)26-16-9-3-2-4-10-16/h2-14H,15H2,1H3,(H,26,32)(H,27,31). The van der Waals surface area contributed by atoms with E-state index < -0.39 is 0 Å². The van der Waals surface area contributed by atoms with Crippen molar-refractivity contribution in [1.82, 2.24) is 14.8 Å². The van der Waals surface area contributed by atoms with E-state index in [4.69, 9.17) is 11.6 Å². The Kier molecular flexibility index (Phi) is 7.07. The number of nitrogens with one attached hydrogen (secondary N) is 2. The molecule has 166 valence electrons. The normalized spacial score (nSPS) is 10.6. The van der Waals surface area contributed by atoms with Gasteiger partial charge in [0.05, 0.1) is 22.0 Å². The Morgan fingerprint density at radius 3 is 2.39 bits per heavy atom. The number of halogens is 1. The summed E-state index contributed by atoms with van der Waals surface area (Å²) in [6, 6.07) is 23.4. The second-order valence-electron chi connectivity index (χ2n) is 7.05. The molecule has 0 unspecified atom stereocenters. The molecular weight excluding hydrogens is 458 g/mol. The van der Waals surface area contributed by atoms with E-state index in [-0.39, 0.29) is 17.6 Å². The Balaban J connectivity index is 1.41. The number of carbonyl (C=O) groups excluding carboxylic acids is 2. The van der Waals surface area contributed by atoms with E-state index in [0.717, 1.165) is 5.56 Å². The summed E-state index contributed by atoms with van der Waals surface area (Å²) in [5, 5.41) is 15.2. The van der Waals surface area contributed by atoms with Crippen molar-refractivity contribution in [3.05, 3.63) is 89.4 Å². The third kappa shape index (κ3) is 5.42. The zero-order valence-corrected chi connectivity index (χ0v) is 19.2. The van der Waals surface area contributed by atoms with Crippen LogP contribution >= 0.6 is 23.4 Å². The molecule has 7 nitrogen and oxygen atoms in total. The number of thioether (sulfide) groups is 1. The van der Waals surface area contributed by atoms with Crippen molar-refractivity contribution < 1.29 is 9.59 Å². The lowest BCUT2D eigenvalue weighted by Gasteiger charge is -2.11. The first-order valence-corrected chi connectivity index (χ1v) is 11.4. The molecule has 1 aromatic heterocycles. The average Bonchev–Trinajstić information content (AvgIpc) is 3.19. The number of nitrogens with zero attached hydrogens (tertiary/aromatic N) is 3. The molecule has 4 rings (SSSR count). The van der Waals surface area contributed by atoms with E-state index in [1.165, 1.54) is 11.8 Å². The van der Waals surface area contributed by atoms with Crippen LogP contribution in [0.3, 0.4) is 0 Å². The first-order chi connectivity index (χ1) is 16.0. The van der Waals surface area contributed by atoms with Gasteiger partial charge in [0.25, 0.3) is 5.91 Å². The number of amides is 2. The summed E-state index contributed by atoms with van der Waals surface area (Å²) in [7, 11) is 1.82. The predicted octanol–water partition coefficient (Wildman–Crippen LogP) is 5.12. The van der Waals surface area contributed by atoms with Gasteiger partial charge >= 0.3 is 0 Å². The van der Waals surface area contributed by atoms with Gasteiger partial charge in [-0.1, -0.05) is 65.8 Å². The summed E-state index contributed by atoms with van der Waals surface area (Å²) >= 11 is 7.51. The van der Waals surface area contributed by atoms with Crippen molar-refractivity contribution in [2.75, 3.05) is 16.4 Å². The molecule has 33 heavy (non-hydrogen) atoms. The van der Waals surface area contributed by atoms with Gasteiger partial charge in [0.2, 0.25) is 5.91 Å². The first-order valence-electron chi connectivity index (χ1n) is 10.1. The second kappa shape index (κ2) is 10.3. The fraction of sp³-hybridized carbons (Fsp3) is 0.0833. The summed E-state index contributed by atoms with van der Waals surface area (Å²) in [6.45, 7) is 0. The average molecular weight is 478 g/mol. The molecule has 0 aliphatic heterocycles. The van der Waals surface area contributed by atoms with Crippen LogP contribution in [-0.2, 0) is 11.8 Å². The Morgan fingerprint density at radius 2 is 1.61 bits per heavy atom. The monoisotopic (exact) mass is 477 g/mol. The van der Waals surface area contributed by atoms with Crippen molar-refractivity contribution in [2.45, 2.75) is 5.16 Å². The molecule has 0 radical (unpaired) electrons. The van der Waals surface area contributed by atoms with Crippen LogP contribution in [0.15, 0.2) is 84.0 Å². The third-order valence-corrected chi connectivity index (χ3v) is 6.11. The van der Waals surface area contributed by atoms with Crippen molar-refractivity contribution in [3.63, 3.8) is 0 Å². The van der Waals surface area contributed by atoms with E-state index in [2.05, 4.69) is 20.8 Å². The maximum atomic E-state index is 12.7. The van der Waals surface area contributed by atoms with E-state index in [1.54, 1.807) is 47.0 Å². The molecule has 0 saturated heterocycles. The zero-order chi connectivity index (χ0) is 23.2. The Labute approximate surface area is 200 Å². The van der Waals surface area contributed by atoms with Crippen LogP contribution in [0.5, 0.6) is 0 Å². The fourth-order valence-corrected chi connectivity index (χ4v) is 4.08. The summed E-state index contributed by atoms with van der Waals surface area (Å²) in [5.41, 5.74) is 2.25. The highest BCUT2D eigenvalue weighted by Crippen LogP contribution is 2.28. The van der Waals surface area contributed by atoms with Gasteiger partial charge in [-0.3, -0.25) is 9.59 Å². The Morgan fingerprint density at radius 1 is 0.909 bits per heavy atom. The summed E-state index contributed by atoms with van der Waals surface area (Å²) < 4.78 is 1.79. The molecule has 0 bridgehead atoms.